The van der Waals surface area contributed by atoms with Crippen LogP contribution >= 0.6 is 0 Å². The van der Waals surface area contributed by atoms with Crippen LogP contribution in [0.25, 0.3) is 0 Å². The lowest BCUT2D eigenvalue weighted by Crippen LogP contribution is -2.38. The SMILES string of the molecule is CN=C(NCCn1cccc1)NCc1ccc(OC(C)C)nc1. The standard InChI is InChI=1S/C17H25N5O/c1-14(2)23-16-7-6-15(12-20-16)13-21-17(18-3)19-8-11-22-9-4-5-10-22/h4-7,9-10,12,14H,8,11,13H2,1-3H3,(H2,18,19,21). The molecule has 0 fully saturated rings. The van der Waals surface area contributed by atoms with Crippen molar-refractivity contribution in [1.82, 2.24) is 20.2 Å². The maximum absolute atomic E-state index is 5.53. The molecule has 6 heteroatoms. The summed E-state index contributed by atoms with van der Waals surface area (Å²) < 4.78 is 7.66. The van der Waals surface area contributed by atoms with Crippen LogP contribution in [0, 0.1) is 0 Å². The smallest absolute Gasteiger partial charge is 0.213 e. The van der Waals surface area contributed by atoms with E-state index < -0.39 is 0 Å². The quantitative estimate of drug-likeness (QED) is 0.606. The molecule has 0 unspecified atom stereocenters. The normalized spacial score (nSPS) is 11.6. The third-order valence-corrected chi connectivity index (χ3v) is 3.17. The van der Waals surface area contributed by atoms with E-state index in [0.29, 0.717) is 12.4 Å². The summed E-state index contributed by atoms with van der Waals surface area (Å²) in [6.45, 7) is 6.35. The Morgan fingerprint density at radius 3 is 2.65 bits per heavy atom. The molecule has 0 aliphatic rings. The highest BCUT2D eigenvalue weighted by Gasteiger charge is 2.01. The second kappa shape index (κ2) is 8.82. The Morgan fingerprint density at radius 1 is 1.26 bits per heavy atom. The van der Waals surface area contributed by atoms with Crippen molar-refractivity contribution in [3.8, 4) is 5.88 Å². The topological polar surface area (TPSA) is 63.5 Å². The Labute approximate surface area is 137 Å². The molecule has 23 heavy (non-hydrogen) atoms. The number of aliphatic imine (C=N–C) groups is 1. The molecule has 0 amide bonds. The van der Waals surface area contributed by atoms with E-state index in [1.165, 1.54) is 0 Å². The Balaban J connectivity index is 1.74. The van der Waals surface area contributed by atoms with Crippen LogP contribution in [-0.2, 0) is 13.1 Å². The Bertz CT molecular complexity index is 590. The lowest BCUT2D eigenvalue weighted by molar-refractivity contribution is 0.232. The lowest BCUT2D eigenvalue weighted by atomic mass is 10.3. The number of rotatable bonds is 7. The van der Waals surface area contributed by atoms with Gasteiger partial charge in [-0.2, -0.15) is 0 Å². The Hall–Kier alpha value is -2.50. The predicted molar refractivity (Wildman–Crippen MR) is 92.6 cm³/mol. The summed E-state index contributed by atoms with van der Waals surface area (Å²) in [7, 11) is 1.77. The number of hydrogen-bond acceptors (Lipinski definition) is 3. The summed E-state index contributed by atoms with van der Waals surface area (Å²) in [6, 6.07) is 7.93. The number of aromatic nitrogens is 2. The number of ether oxygens (including phenoxy) is 1. The highest BCUT2D eigenvalue weighted by molar-refractivity contribution is 5.79. The third kappa shape index (κ3) is 6.02. The summed E-state index contributed by atoms with van der Waals surface area (Å²) in [5, 5.41) is 6.56. The molecule has 0 atom stereocenters. The first-order chi connectivity index (χ1) is 11.2. The summed E-state index contributed by atoms with van der Waals surface area (Å²) in [6.07, 6.45) is 6.04. The van der Waals surface area contributed by atoms with E-state index in [1.54, 1.807) is 7.05 Å². The van der Waals surface area contributed by atoms with E-state index in [1.807, 2.05) is 56.7 Å². The van der Waals surface area contributed by atoms with Crippen LogP contribution in [0.3, 0.4) is 0 Å². The zero-order chi connectivity index (χ0) is 16.5. The molecule has 0 saturated carbocycles. The predicted octanol–water partition coefficient (Wildman–Crippen LogP) is 2.04. The van der Waals surface area contributed by atoms with Crippen molar-refractivity contribution in [2.75, 3.05) is 13.6 Å². The van der Waals surface area contributed by atoms with Gasteiger partial charge in [0.2, 0.25) is 5.88 Å². The van der Waals surface area contributed by atoms with Gasteiger partial charge in [0, 0.05) is 51.3 Å². The first kappa shape index (κ1) is 16.9. The van der Waals surface area contributed by atoms with E-state index in [9.17, 15) is 0 Å². The van der Waals surface area contributed by atoms with Crippen LogP contribution in [-0.4, -0.2) is 35.2 Å². The van der Waals surface area contributed by atoms with E-state index in [2.05, 4.69) is 25.2 Å². The molecule has 0 spiro atoms. The van der Waals surface area contributed by atoms with Gasteiger partial charge in [-0.05, 0) is 31.5 Å². The molecule has 0 saturated heterocycles. The molecule has 6 nitrogen and oxygen atoms in total. The van der Waals surface area contributed by atoms with Gasteiger partial charge in [-0.1, -0.05) is 6.07 Å². The van der Waals surface area contributed by atoms with Crippen molar-refractivity contribution in [2.45, 2.75) is 33.0 Å². The molecule has 124 valence electrons. The molecule has 2 heterocycles. The number of guanidine groups is 1. The molecule has 0 aliphatic heterocycles. The molecule has 0 radical (unpaired) electrons. The minimum absolute atomic E-state index is 0.134. The summed E-state index contributed by atoms with van der Waals surface area (Å²) in [5.74, 6) is 1.43. The fraction of sp³-hybridized carbons (Fsp3) is 0.412. The fourth-order valence-electron chi connectivity index (χ4n) is 2.06. The number of pyridine rings is 1. The molecule has 2 aromatic heterocycles. The van der Waals surface area contributed by atoms with E-state index >= 15 is 0 Å². The molecule has 0 aliphatic carbocycles. The molecular formula is C17H25N5O. The molecule has 2 N–H and O–H groups in total. The molecule has 2 aromatic rings. The summed E-state index contributed by atoms with van der Waals surface area (Å²) in [5.41, 5.74) is 1.08. The minimum atomic E-state index is 0.134. The van der Waals surface area contributed by atoms with Gasteiger partial charge in [0.15, 0.2) is 5.96 Å². The van der Waals surface area contributed by atoms with Gasteiger partial charge in [-0.15, -0.1) is 0 Å². The van der Waals surface area contributed by atoms with Crippen LogP contribution in [0.4, 0.5) is 0 Å². The first-order valence-electron chi connectivity index (χ1n) is 7.84. The summed E-state index contributed by atoms with van der Waals surface area (Å²) in [4.78, 5) is 8.51. The van der Waals surface area contributed by atoms with Crippen LogP contribution in [0.5, 0.6) is 5.88 Å². The van der Waals surface area contributed by atoms with Gasteiger partial charge in [0.05, 0.1) is 6.10 Å². The van der Waals surface area contributed by atoms with Crippen molar-refractivity contribution in [3.05, 3.63) is 48.4 Å². The van der Waals surface area contributed by atoms with Gasteiger partial charge in [0.1, 0.15) is 0 Å². The number of nitrogens with zero attached hydrogens (tertiary/aromatic N) is 3. The average molecular weight is 315 g/mol. The fourth-order valence-corrected chi connectivity index (χ4v) is 2.06. The van der Waals surface area contributed by atoms with E-state index in [4.69, 9.17) is 4.74 Å². The minimum Gasteiger partial charge on any atom is -0.475 e. The summed E-state index contributed by atoms with van der Waals surface area (Å²) >= 11 is 0. The van der Waals surface area contributed by atoms with Crippen LogP contribution < -0.4 is 15.4 Å². The highest BCUT2D eigenvalue weighted by Crippen LogP contribution is 2.09. The van der Waals surface area contributed by atoms with Crippen LogP contribution in [0.15, 0.2) is 47.8 Å². The molecule has 0 aromatic carbocycles. The van der Waals surface area contributed by atoms with Gasteiger partial charge in [0.25, 0.3) is 0 Å². The lowest BCUT2D eigenvalue weighted by Gasteiger charge is -2.13. The zero-order valence-corrected chi connectivity index (χ0v) is 14.0. The van der Waals surface area contributed by atoms with Crippen LogP contribution in [0.1, 0.15) is 19.4 Å². The largest absolute Gasteiger partial charge is 0.475 e. The number of nitrogens with one attached hydrogen (secondary N) is 2. The van der Waals surface area contributed by atoms with Crippen LogP contribution in [0.2, 0.25) is 0 Å². The second-order valence-corrected chi connectivity index (χ2v) is 5.44. The first-order valence-corrected chi connectivity index (χ1v) is 7.84. The van der Waals surface area contributed by atoms with Gasteiger partial charge in [-0.3, -0.25) is 4.99 Å². The maximum Gasteiger partial charge on any atom is 0.213 e. The van der Waals surface area contributed by atoms with Gasteiger partial charge >= 0.3 is 0 Å². The van der Waals surface area contributed by atoms with Crippen molar-refractivity contribution in [1.29, 1.82) is 0 Å². The van der Waals surface area contributed by atoms with Crippen molar-refractivity contribution >= 4 is 5.96 Å². The van der Waals surface area contributed by atoms with Crippen molar-refractivity contribution in [2.24, 2.45) is 4.99 Å². The zero-order valence-electron chi connectivity index (χ0n) is 14.0. The van der Waals surface area contributed by atoms with Crippen molar-refractivity contribution < 1.29 is 4.74 Å². The monoisotopic (exact) mass is 315 g/mol. The van der Waals surface area contributed by atoms with E-state index in [0.717, 1.165) is 24.6 Å². The molecule has 0 bridgehead atoms. The molecule has 2 rings (SSSR count). The van der Waals surface area contributed by atoms with Gasteiger partial charge < -0.3 is 19.9 Å². The highest BCUT2D eigenvalue weighted by atomic mass is 16.5. The Morgan fingerprint density at radius 2 is 2.04 bits per heavy atom. The van der Waals surface area contributed by atoms with E-state index in [-0.39, 0.29) is 6.10 Å². The molecular weight excluding hydrogens is 290 g/mol. The number of hydrogen-bond donors (Lipinski definition) is 2. The average Bonchev–Trinajstić information content (AvgIpc) is 3.05. The van der Waals surface area contributed by atoms with Crippen molar-refractivity contribution in [3.63, 3.8) is 0 Å². The van der Waals surface area contributed by atoms with Gasteiger partial charge in [-0.25, -0.2) is 4.98 Å². The Kier molecular flexibility index (Phi) is 6.47. The maximum atomic E-state index is 5.53. The third-order valence-electron chi connectivity index (χ3n) is 3.17. The second-order valence-electron chi connectivity index (χ2n) is 5.44.